The molecule has 2 heterocycles. The van der Waals surface area contributed by atoms with E-state index in [1.54, 1.807) is 23.1 Å². The monoisotopic (exact) mass is 659 g/mol. The van der Waals surface area contributed by atoms with E-state index in [2.05, 4.69) is 6.07 Å². The van der Waals surface area contributed by atoms with Crippen molar-refractivity contribution >= 4 is 29.0 Å². The molecule has 1 atom stereocenters. The van der Waals surface area contributed by atoms with Crippen LogP contribution in [0.15, 0.2) is 42.5 Å². The van der Waals surface area contributed by atoms with Crippen LogP contribution in [-0.2, 0) is 31.2 Å². The zero-order valence-electron chi connectivity index (χ0n) is 28.4. The number of benzene rings is 2. The highest BCUT2D eigenvalue weighted by Crippen LogP contribution is 2.42. The van der Waals surface area contributed by atoms with Gasteiger partial charge in [0.05, 0.1) is 35.7 Å². The summed E-state index contributed by atoms with van der Waals surface area (Å²) in [5, 5.41) is 9.51. The van der Waals surface area contributed by atoms with Gasteiger partial charge in [0, 0.05) is 25.9 Å². The van der Waals surface area contributed by atoms with Crippen molar-refractivity contribution in [3.63, 3.8) is 0 Å². The van der Waals surface area contributed by atoms with Gasteiger partial charge in [-0.15, -0.1) is 0 Å². The summed E-state index contributed by atoms with van der Waals surface area (Å²) in [5.41, 5.74) is 6.15. The summed E-state index contributed by atoms with van der Waals surface area (Å²) in [6.45, 7) is 8.56. The molecule has 0 radical (unpaired) electrons. The average Bonchev–Trinajstić information content (AvgIpc) is 3.44. The van der Waals surface area contributed by atoms with E-state index in [0.29, 0.717) is 85.5 Å². The van der Waals surface area contributed by atoms with E-state index >= 15 is 0 Å². The number of rotatable bonds is 9. The lowest BCUT2D eigenvalue weighted by Crippen LogP contribution is -2.51. The molecule has 2 amide bonds. The molecule has 2 N–H and O–H groups in total. The Labute approximate surface area is 281 Å². The van der Waals surface area contributed by atoms with Crippen molar-refractivity contribution in [2.24, 2.45) is 17.6 Å². The number of amides is 2. The normalized spacial score (nSPS) is 20.0. The van der Waals surface area contributed by atoms with Crippen molar-refractivity contribution < 1.29 is 33.3 Å². The minimum Gasteiger partial charge on any atom is -0.490 e. The molecule has 1 unspecified atom stereocenters. The van der Waals surface area contributed by atoms with Crippen LogP contribution in [0.2, 0.25) is 0 Å². The second kappa shape index (κ2) is 14.1. The maximum Gasteiger partial charge on any atom is 0.410 e. The predicted octanol–water partition coefficient (Wildman–Crippen LogP) is 5.45. The Kier molecular flexibility index (Phi) is 10.2. The summed E-state index contributed by atoms with van der Waals surface area (Å²) < 4.78 is 24.7. The Hall–Kier alpha value is -4.79. The minimum absolute atomic E-state index is 0.0252. The number of hydrogen-bond donors (Lipinski definition) is 1. The number of ether oxygens (including phenoxy) is 4. The standard InChI is InChI=1S/C36H45N5O7/c1-35(2,3)48-34(44)40-18-16-28(17-19-40)47-27-13-11-26(12-14-27)46-22-31-39-29-20-23(21-37)6-15-30(29)41(31)36(4,33(38)43)25-9-7-24(8-10-25)32(42)45-5/h6,11-15,20,24-25,28H,7-10,16-19,22H2,1-5H3,(H2,38,43). The molecule has 2 aromatic carbocycles. The van der Waals surface area contributed by atoms with Crippen molar-refractivity contribution in [2.45, 2.75) is 90.1 Å². The van der Waals surface area contributed by atoms with Gasteiger partial charge in [0.15, 0.2) is 0 Å². The summed E-state index contributed by atoms with van der Waals surface area (Å²) in [4.78, 5) is 44.4. The molecule has 0 bridgehead atoms. The highest BCUT2D eigenvalue weighted by atomic mass is 16.6. The van der Waals surface area contributed by atoms with E-state index in [1.165, 1.54) is 7.11 Å². The van der Waals surface area contributed by atoms with E-state index in [1.807, 2.05) is 56.5 Å². The van der Waals surface area contributed by atoms with Crippen molar-refractivity contribution in [1.82, 2.24) is 14.5 Å². The molecule has 256 valence electrons. The van der Waals surface area contributed by atoms with E-state index in [0.717, 1.165) is 0 Å². The van der Waals surface area contributed by atoms with E-state index < -0.39 is 17.0 Å². The summed E-state index contributed by atoms with van der Waals surface area (Å²) in [6.07, 6.45) is 3.47. The van der Waals surface area contributed by atoms with Gasteiger partial charge in [-0.05, 0) is 102 Å². The van der Waals surface area contributed by atoms with Crippen molar-refractivity contribution in [2.75, 3.05) is 20.2 Å². The van der Waals surface area contributed by atoms with Crippen LogP contribution in [0.25, 0.3) is 11.0 Å². The molecule has 1 saturated carbocycles. The van der Waals surface area contributed by atoms with Crippen LogP contribution >= 0.6 is 0 Å². The number of carbonyl (C=O) groups excluding carboxylic acids is 3. The van der Waals surface area contributed by atoms with Crippen LogP contribution in [0.1, 0.15) is 77.6 Å². The van der Waals surface area contributed by atoms with Gasteiger partial charge in [-0.2, -0.15) is 5.26 Å². The van der Waals surface area contributed by atoms with Crippen LogP contribution in [0, 0.1) is 23.2 Å². The largest absolute Gasteiger partial charge is 0.490 e. The van der Waals surface area contributed by atoms with Gasteiger partial charge in [-0.3, -0.25) is 9.59 Å². The first-order chi connectivity index (χ1) is 22.8. The first-order valence-corrected chi connectivity index (χ1v) is 16.5. The second-order valence-electron chi connectivity index (χ2n) is 13.8. The molecule has 1 aliphatic carbocycles. The number of piperidine rings is 1. The number of aromatic nitrogens is 2. The van der Waals surface area contributed by atoms with Gasteiger partial charge in [0.1, 0.15) is 41.2 Å². The fourth-order valence-electron chi connectivity index (χ4n) is 6.80. The smallest absolute Gasteiger partial charge is 0.410 e. The molecule has 1 aliphatic heterocycles. The molecule has 2 aliphatic rings. The second-order valence-corrected chi connectivity index (χ2v) is 13.8. The zero-order chi connectivity index (χ0) is 34.6. The van der Waals surface area contributed by atoms with Crippen LogP contribution in [0.5, 0.6) is 11.5 Å². The topological polar surface area (TPSA) is 159 Å². The zero-order valence-corrected chi connectivity index (χ0v) is 28.4. The van der Waals surface area contributed by atoms with Gasteiger partial charge < -0.3 is 34.1 Å². The molecule has 1 saturated heterocycles. The lowest BCUT2D eigenvalue weighted by molar-refractivity contribution is -0.147. The van der Waals surface area contributed by atoms with Crippen molar-refractivity contribution in [3.05, 3.63) is 53.9 Å². The van der Waals surface area contributed by atoms with Crippen molar-refractivity contribution in [3.8, 4) is 17.6 Å². The number of methoxy groups -OCH3 is 1. The third kappa shape index (κ3) is 7.51. The first kappa shape index (κ1) is 34.5. The van der Waals surface area contributed by atoms with Crippen LogP contribution < -0.4 is 15.2 Å². The number of nitrogens with two attached hydrogens (primary N) is 1. The third-order valence-corrected chi connectivity index (χ3v) is 9.46. The average molecular weight is 660 g/mol. The highest BCUT2D eigenvalue weighted by Gasteiger charge is 2.46. The maximum absolute atomic E-state index is 13.3. The number of nitrogens with zero attached hydrogens (tertiary/aromatic N) is 4. The van der Waals surface area contributed by atoms with Crippen LogP contribution in [0.3, 0.4) is 0 Å². The Bertz CT molecular complexity index is 1670. The summed E-state index contributed by atoms with van der Waals surface area (Å²) in [5.74, 6) is 0.661. The SMILES string of the molecule is COC(=O)C1CCC(C(C)(C(N)=O)n2c(COc3ccc(OC4CCN(C(=O)OC(C)(C)C)CC4)cc3)nc3cc(C#N)ccc32)CC1. The Balaban J connectivity index is 1.29. The number of hydrogen-bond acceptors (Lipinski definition) is 9. The Morgan fingerprint density at radius 3 is 2.19 bits per heavy atom. The first-order valence-electron chi connectivity index (χ1n) is 16.5. The number of carbonyl (C=O) groups is 3. The lowest BCUT2D eigenvalue weighted by Gasteiger charge is -2.41. The van der Waals surface area contributed by atoms with Gasteiger partial charge in [0.25, 0.3) is 0 Å². The summed E-state index contributed by atoms with van der Waals surface area (Å²) in [6, 6.07) is 14.6. The molecule has 5 rings (SSSR count). The minimum atomic E-state index is -1.17. The number of nitriles is 1. The Morgan fingerprint density at radius 2 is 1.60 bits per heavy atom. The van der Waals surface area contributed by atoms with E-state index in [-0.39, 0.29) is 36.6 Å². The van der Waals surface area contributed by atoms with Gasteiger partial charge in [-0.25, -0.2) is 9.78 Å². The van der Waals surface area contributed by atoms with Gasteiger partial charge in [-0.1, -0.05) is 0 Å². The van der Waals surface area contributed by atoms with Crippen molar-refractivity contribution in [1.29, 1.82) is 5.26 Å². The maximum atomic E-state index is 13.3. The lowest BCUT2D eigenvalue weighted by atomic mass is 9.71. The third-order valence-electron chi connectivity index (χ3n) is 9.46. The van der Waals surface area contributed by atoms with Crippen LogP contribution in [0.4, 0.5) is 4.79 Å². The van der Waals surface area contributed by atoms with E-state index in [4.69, 9.17) is 29.7 Å². The molecule has 2 fully saturated rings. The fourth-order valence-corrected chi connectivity index (χ4v) is 6.80. The molecule has 1 aromatic heterocycles. The molecule has 12 heteroatoms. The molecule has 12 nitrogen and oxygen atoms in total. The molecular formula is C36H45N5O7. The summed E-state index contributed by atoms with van der Waals surface area (Å²) >= 11 is 0. The molecule has 3 aromatic rings. The molecule has 48 heavy (non-hydrogen) atoms. The quantitative estimate of drug-likeness (QED) is 0.295. The van der Waals surface area contributed by atoms with Gasteiger partial charge in [0.2, 0.25) is 5.91 Å². The van der Waals surface area contributed by atoms with E-state index in [9.17, 15) is 19.6 Å². The number of primary amides is 1. The predicted molar refractivity (Wildman–Crippen MR) is 177 cm³/mol. The number of fused-ring (bicyclic) bond motifs is 1. The molecular weight excluding hydrogens is 614 g/mol. The summed E-state index contributed by atoms with van der Waals surface area (Å²) in [7, 11) is 1.39. The highest BCUT2D eigenvalue weighted by molar-refractivity contribution is 5.87. The number of esters is 1. The number of likely N-dealkylation sites (tertiary alicyclic amines) is 1. The Morgan fingerprint density at radius 1 is 0.958 bits per heavy atom. The fraction of sp³-hybridized carbons (Fsp3) is 0.528. The van der Waals surface area contributed by atoms with Crippen LogP contribution in [-0.4, -0.2) is 64.3 Å². The number of imidazole rings is 1. The molecule has 0 spiro atoms. The van der Waals surface area contributed by atoms with Gasteiger partial charge >= 0.3 is 12.1 Å².